The van der Waals surface area contributed by atoms with E-state index in [0.717, 1.165) is 32.1 Å². The van der Waals surface area contributed by atoms with Crippen LogP contribution < -0.4 is 10.6 Å². The van der Waals surface area contributed by atoms with Crippen molar-refractivity contribution in [2.45, 2.75) is 30.2 Å². The molecular weight excluding hydrogens is 300 g/mol. The molecule has 1 atom stereocenters. The molecule has 1 saturated heterocycles. The number of carbonyl (C=O) groups is 1. The Hall–Kier alpha value is -1.11. The Morgan fingerprint density at radius 1 is 1.40 bits per heavy atom. The summed E-state index contributed by atoms with van der Waals surface area (Å²) in [4.78, 5) is 12.2. The van der Waals surface area contributed by atoms with Crippen molar-refractivity contribution in [1.82, 2.24) is 5.32 Å². The number of anilines is 1. The lowest BCUT2D eigenvalue weighted by Crippen LogP contribution is -2.43. The van der Waals surface area contributed by atoms with Gasteiger partial charge in [-0.15, -0.1) is 0 Å². The lowest BCUT2D eigenvalue weighted by Gasteiger charge is -2.22. The average Bonchev–Trinajstić information content (AvgIpc) is 2.41. The molecule has 0 saturated carbocycles. The summed E-state index contributed by atoms with van der Waals surface area (Å²) in [6, 6.07) is 4.04. The van der Waals surface area contributed by atoms with Gasteiger partial charge < -0.3 is 10.6 Å². The van der Waals surface area contributed by atoms with Gasteiger partial charge in [-0.2, -0.15) is 0 Å². The zero-order valence-electron chi connectivity index (χ0n) is 11.1. The second-order valence-electron chi connectivity index (χ2n) is 4.91. The number of carbonyl (C=O) groups excluding carboxylic acids is 1. The van der Waals surface area contributed by atoms with Crippen molar-refractivity contribution in [2.75, 3.05) is 18.1 Å². The van der Waals surface area contributed by atoms with Crippen LogP contribution in [0.2, 0.25) is 5.02 Å². The quantitative estimate of drug-likeness (QED) is 0.892. The van der Waals surface area contributed by atoms with E-state index in [1.165, 1.54) is 18.2 Å². The minimum Gasteiger partial charge on any atom is -0.323 e. The molecule has 1 aromatic rings. The van der Waals surface area contributed by atoms with Crippen LogP contribution in [0.1, 0.15) is 19.3 Å². The van der Waals surface area contributed by atoms with Crippen molar-refractivity contribution >= 4 is 33.0 Å². The van der Waals surface area contributed by atoms with Crippen molar-refractivity contribution in [3.05, 3.63) is 23.2 Å². The van der Waals surface area contributed by atoms with Crippen molar-refractivity contribution in [2.24, 2.45) is 0 Å². The van der Waals surface area contributed by atoms with Gasteiger partial charge in [0.15, 0.2) is 9.84 Å². The minimum absolute atomic E-state index is 0.133. The van der Waals surface area contributed by atoms with Gasteiger partial charge in [-0.1, -0.05) is 18.0 Å². The Labute approximate surface area is 123 Å². The second kappa shape index (κ2) is 6.11. The molecule has 0 aromatic heterocycles. The third kappa shape index (κ3) is 3.71. The number of piperidine rings is 1. The number of amides is 1. The Kier molecular flexibility index (Phi) is 4.67. The SMILES string of the molecule is CS(=O)(=O)c1ccc(Cl)c(NC(=O)[C@@H]2CCCCN2)c1. The first-order valence-corrected chi connectivity index (χ1v) is 8.69. The highest BCUT2D eigenvalue weighted by atomic mass is 35.5. The summed E-state index contributed by atoms with van der Waals surface area (Å²) in [5.41, 5.74) is 0.326. The molecule has 1 aliphatic rings. The summed E-state index contributed by atoms with van der Waals surface area (Å²) < 4.78 is 23.0. The van der Waals surface area contributed by atoms with Crippen LogP contribution in [0.3, 0.4) is 0 Å². The summed E-state index contributed by atoms with van der Waals surface area (Å²) >= 11 is 6.00. The van der Waals surface area contributed by atoms with Crippen LogP contribution in [-0.4, -0.2) is 33.2 Å². The van der Waals surface area contributed by atoms with Gasteiger partial charge in [0.05, 0.1) is 21.6 Å². The summed E-state index contributed by atoms with van der Waals surface area (Å²) in [6.07, 6.45) is 3.95. The van der Waals surface area contributed by atoms with E-state index in [1.807, 2.05) is 0 Å². The molecule has 1 heterocycles. The molecular formula is C13H17ClN2O3S. The van der Waals surface area contributed by atoms with E-state index < -0.39 is 9.84 Å². The van der Waals surface area contributed by atoms with Gasteiger partial charge in [-0.3, -0.25) is 4.79 Å². The Morgan fingerprint density at radius 3 is 2.75 bits per heavy atom. The smallest absolute Gasteiger partial charge is 0.241 e. The minimum atomic E-state index is -3.33. The molecule has 1 fully saturated rings. The molecule has 0 unspecified atom stereocenters. The lowest BCUT2D eigenvalue weighted by molar-refractivity contribution is -0.118. The zero-order valence-corrected chi connectivity index (χ0v) is 12.7. The van der Waals surface area contributed by atoms with Crippen LogP contribution in [0.5, 0.6) is 0 Å². The molecule has 2 rings (SSSR count). The van der Waals surface area contributed by atoms with Crippen LogP contribution >= 0.6 is 11.6 Å². The largest absolute Gasteiger partial charge is 0.323 e. The fraction of sp³-hybridized carbons (Fsp3) is 0.462. The summed E-state index contributed by atoms with van der Waals surface area (Å²) in [7, 11) is -3.33. The van der Waals surface area contributed by atoms with Crippen molar-refractivity contribution in [1.29, 1.82) is 0 Å². The number of nitrogens with one attached hydrogen (secondary N) is 2. The molecule has 1 aliphatic heterocycles. The number of rotatable bonds is 3. The Bertz CT molecular complexity index is 610. The summed E-state index contributed by atoms with van der Waals surface area (Å²) in [5, 5.41) is 6.15. The molecule has 0 aliphatic carbocycles. The van der Waals surface area contributed by atoms with Crippen molar-refractivity contribution in [3.8, 4) is 0 Å². The first-order chi connectivity index (χ1) is 9.38. The van der Waals surface area contributed by atoms with Gasteiger partial charge in [0.2, 0.25) is 5.91 Å². The first-order valence-electron chi connectivity index (χ1n) is 6.42. The fourth-order valence-electron chi connectivity index (χ4n) is 2.13. The van der Waals surface area contributed by atoms with E-state index in [0.29, 0.717) is 10.7 Å². The van der Waals surface area contributed by atoms with E-state index in [4.69, 9.17) is 11.6 Å². The first kappa shape index (κ1) is 15.3. The van der Waals surface area contributed by atoms with Crippen LogP contribution in [0.4, 0.5) is 5.69 Å². The average molecular weight is 317 g/mol. The molecule has 20 heavy (non-hydrogen) atoms. The van der Waals surface area contributed by atoms with Gasteiger partial charge in [-0.05, 0) is 37.6 Å². The summed E-state index contributed by atoms with van der Waals surface area (Å²) in [5.74, 6) is -0.183. The third-order valence-corrected chi connectivity index (χ3v) is 4.69. The van der Waals surface area contributed by atoms with E-state index in [9.17, 15) is 13.2 Å². The molecule has 2 N–H and O–H groups in total. The van der Waals surface area contributed by atoms with E-state index in [2.05, 4.69) is 10.6 Å². The molecule has 0 spiro atoms. The normalized spacial score (nSPS) is 19.6. The fourth-order valence-corrected chi connectivity index (χ4v) is 2.94. The van der Waals surface area contributed by atoms with E-state index in [1.54, 1.807) is 0 Å². The monoisotopic (exact) mass is 316 g/mol. The molecule has 1 aromatic carbocycles. The number of hydrogen-bond acceptors (Lipinski definition) is 4. The van der Waals surface area contributed by atoms with Crippen LogP contribution in [0, 0.1) is 0 Å². The molecule has 110 valence electrons. The van der Waals surface area contributed by atoms with Crippen molar-refractivity contribution in [3.63, 3.8) is 0 Å². The van der Waals surface area contributed by atoms with Crippen molar-refractivity contribution < 1.29 is 13.2 Å². The molecule has 5 nitrogen and oxygen atoms in total. The maximum absolute atomic E-state index is 12.1. The predicted molar refractivity (Wildman–Crippen MR) is 78.8 cm³/mol. The van der Waals surface area contributed by atoms with Gasteiger partial charge >= 0.3 is 0 Å². The number of halogens is 1. The number of hydrogen-bond donors (Lipinski definition) is 2. The van der Waals surface area contributed by atoms with Gasteiger partial charge in [0.1, 0.15) is 0 Å². The highest BCUT2D eigenvalue weighted by Crippen LogP contribution is 2.25. The standard InChI is InChI=1S/C13H17ClN2O3S/c1-20(18,19)9-5-6-10(14)12(8-9)16-13(17)11-4-2-3-7-15-11/h5-6,8,11,15H,2-4,7H2,1H3,(H,16,17)/t11-/m0/s1. The molecule has 1 amide bonds. The van der Waals surface area contributed by atoms with Crippen LogP contribution in [0.15, 0.2) is 23.1 Å². The third-order valence-electron chi connectivity index (χ3n) is 3.25. The number of sulfone groups is 1. The lowest BCUT2D eigenvalue weighted by atomic mass is 10.0. The highest BCUT2D eigenvalue weighted by molar-refractivity contribution is 7.90. The van der Waals surface area contributed by atoms with Gasteiger partial charge in [-0.25, -0.2) is 8.42 Å². The molecule has 0 radical (unpaired) electrons. The molecule has 7 heteroatoms. The van der Waals surface area contributed by atoms with Crippen LogP contribution in [-0.2, 0) is 14.6 Å². The predicted octanol–water partition coefficient (Wildman–Crippen LogP) is 1.82. The Balaban J connectivity index is 2.18. The Morgan fingerprint density at radius 2 is 2.15 bits per heavy atom. The van der Waals surface area contributed by atoms with E-state index in [-0.39, 0.29) is 16.8 Å². The number of benzene rings is 1. The van der Waals surface area contributed by atoms with E-state index >= 15 is 0 Å². The summed E-state index contributed by atoms with van der Waals surface area (Å²) in [6.45, 7) is 0.815. The maximum Gasteiger partial charge on any atom is 0.241 e. The van der Waals surface area contributed by atoms with Gasteiger partial charge in [0.25, 0.3) is 0 Å². The maximum atomic E-state index is 12.1. The topological polar surface area (TPSA) is 75.3 Å². The van der Waals surface area contributed by atoms with Gasteiger partial charge in [0, 0.05) is 6.26 Å². The zero-order chi connectivity index (χ0) is 14.8. The van der Waals surface area contributed by atoms with Crippen LogP contribution in [0.25, 0.3) is 0 Å². The molecule has 0 bridgehead atoms. The second-order valence-corrected chi connectivity index (χ2v) is 7.33. The highest BCUT2D eigenvalue weighted by Gasteiger charge is 2.21.